The lowest BCUT2D eigenvalue weighted by Crippen LogP contribution is -2.05. The molecule has 1 aliphatic rings. The molecule has 0 bridgehead atoms. The molecule has 0 radical (unpaired) electrons. The molecule has 0 aromatic heterocycles. The average molecular weight is 272 g/mol. The Morgan fingerprint density at radius 2 is 2.21 bits per heavy atom. The Kier molecular flexibility index (Phi) is 3.87. The summed E-state index contributed by atoms with van der Waals surface area (Å²) >= 11 is 0. The van der Waals surface area contributed by atoms with Gasteiger partial charge in [-0.2, -0.15) is 8.78 Å². The molecule has 2 atom stereocenters. The van der Waals surface area contributed by atoms with E-state index in [1.54, 1.807) is 19.1 Å². The van der Waals surface area contributed by atoms with Crippen molar-refractivity contribution < 1.29 is 28.2 Å². The Morgan fingerprint density at radius 1 is 1.47 bits per heavy atom. The minimum atomic E-state index is -2.92. The van der Waals surface area contributed by atoms with E-state index in [9.17, 15) is 13.6 Å². The van der Waals surface area contributed by atoms with Gasteiger partial charge in [0, 0.05) is 0 Å². The first-order chi connectivity index (χ1) is 9.02. The van der Waals surface area contributed by atoms with Gasteiger partial charge in [-0.05, 0) is 37.0 Å². The monoisotopic (exact) mass is 272 g/mol. The van der Waals surface area contributed by atoms with Crippen LogP contribution in [0.1, 0.15) is 24.8 Å². The summed E-state index contributed by atoms with van der Waals surface area (Å²) in [5.74, 6) is -1.12. The smallest absolute Gasteiger partial charge is 0.387 e. The second kappa shape index (κ2) is 5.42. The molecule has 0 saturated heterocycles. The van der Waals surface area contributed by atoms with Gasteiger partial charge in [-0.1, -0.05) is 6.07 Å². The van der Waals surface area contributed by atoms with Gasteiger partial charge in [0.2, 0.25) is 0 Å². The van der Waals surface area contributed by atoms with Gasteiger partial charge in [-0.25, -0.2) is 0 Å². The number of aliphatic carboxylic acids is 1. The summed E-state index contributed by atoms with van der Waals surface area (Å²) < 4.78 is 34.0. The van der Waals surface area contributed by atoms with Crippen LogP contribution in [0.2, 0.25) is 0 Å². The lowest BCUT2D eigenvalue weighted by molar-refractivity contribution is -0.138. The molecule has 6 heteroatoms. The van der Waals surface area contributed by atoms with Gasteiger partial charge >= 0.3 is 12.6 Å². The highest BCUT2D eigenvalue weighted by Crippen LogP contribution is 2.49. The number of carboxylic acids is 1. The van der Waals surface area contributed by atoms with E-state index in [0.29, 0.717) is 13.0 Å². The third-order valence-corrected chi connectivity index (χ3v) is 3.02. The zero-order valence-corrected chi connectivity index (χ0v) is 10.3. The number of halogens is 2. The predicted molar refractivity (Wildman–Crippen MR) is 62.7 cm³/mol. The Hall–Kier alpha value is -1.85. The van der Waals surface area contributed by atoms with Crippen molar-refractivity contribution in [3.05, 3.63) is 23.8 Å². The van der Waals surface area contributed by atoms with Crippen molar-refractivity contribution in [3.63, 3.8) is 0 Å². The van der Waals surface area contributed by atoms with Crippen LogP contribution in [-0.4, -0.2) is 24.3 Å². The molecule has 1 fully saturated rings. The molecule has 2 rings (SSSR count). The zero-order valence-electron chi connectivity index (χ0n) is 10.3. The molecule has 19 heavy (non-hydrogen) atoms. The summed E-state index contributed by atoms with van der Waals surface area (Å²) in [5.41, 5.74) is 0.775. The standard InChI is InChI=1S/C13H14F2O4/c1-2-18-11-5-7(8-6-9(8)12(16)17)3-4-10(11)19-13(14)15/h3-5,8-9,13H,2,6H2,1H3,(H,16,17). The maximum absolute atomic E-state index is 12.2. The van der Waals surface area contributed by atoms with Crippen molar-refractivity contribution in [3.8, 4) is 11.5 Å². The summed E-state index contributed by atoms with van der Waals surface area (Å²) in [7, 11) is 0. The van der Waals surface area contributed by atoms with E-state index in [-0.39, 0.29) is 17.4 Å². The predicted octanol–water partition coefficient (Wildman–Crippen LogP) is 2.87. The van der Waals surface area contributed by atoms with Gasteiger partial charge in [-0.15, -0.1) is 0 Å². The highest BCUT2D eigenvalue weighted by molar-refractivity contribution is 5.75. The fourth-order valence-electron chi connectivity index (χ4n) is 2.05. The molecule has 1 aromatic rings. The Balaban J connectivity index is 2.19. The fraction of sp³-hybridized carbons (Fsp3) is 0.462. The van der Waals surface area contributed by atoms with E-state index in [0.717, 1.165) is 5.56 Å². The van der Waals surface area contributed by atoms with Gasteiger partial charge in [-0.3, -0.25) is 4.79 Å². The molecule has 1 N–H and O–H groups in total. The van der Waals surface area contributed by atoms with Gasteiger partial charge in [0.15, 0.2) is 11.5 Å². The maximum Gasteiger partial charge on any atom is 0.387 e. The number of alkyl halides is 2. The minimum absolute atomic E-state index is 0.0341. The number of hydrogen-bond acceptors (Lipinski definition) is 3. The summed E-state index contributed by atoms with van der Waals surface area (Å²) in [6.07, 6.45) is 0.565. The van der Waals surface area contributed by atoms with Crippen molar-refractivity contribution in [2.24, 2.45) is 5.92 Å². The zero-order chi connectivity index (χ0) is 14.0. The van der Waals surface area contributed by atoms with Crippen LogP contribution in [0.3, 0.4) is 0 Å². The van der Waals surface area contributed by atoms with E-state index >= 15 is 0 Å². The van der Waals surface area contributed by atoms with Gasteiger partial charge < -0.3 is 14.6 Å². The quantitative estimate of drug-likeness (QED) is 0.865. The molecular weight excluding hydrogens is 258 g/mol. The van der Waals surface area contributed by atoms with E-state index in [1.165, 1.54) is 6.07 Å². The van der Waals surface area contributed by atoms with E-state index in [4.69, 9.17) is 9.84 Å². The molecule has 0 spiro atoms. The number of carbonyl (C=O) groups is 1. The average Bonchev–Trinajstić information content (AvgIpc) is 3.11. The highest BCUT2D eigenvalue weighted by Gasteiger charge is 2.44. The van der Waals surface area contributed by atoms with Crippen LogP contribution >= 0.6 is 0 Å². The van der Waals surface area contributed by atoms with Crippen molar-refractivity contribution in [2.45, 2.75) is 25.9 Å². The van der Waals surface area contributed by atoms with Crippen molar-refractivity contribution in [2.75, 3.05) is 6.61 Å². The summed E-state index contributed by atoms with van der Waals surface area (Å²) in [6.45, 7) is -0.871. The van der Waals surface area contributed by atoms with Crippen LogP contribution < -0.4 is 9.47 Å². The van der Waals surface area contributed by atoms with Crippen LogP contribution in [0.15, 0.2) is 18.2 Å². The molecule has 1 aromatic carbocycles. The van der Waals surface area contributed by atoms with Gasteiger partial charge in [0.05, 0.1) is 12.5 Å². The van der Waals surface area contributed by atoms with Crippen LogP contribution in [-0.2, 0) is 4.79 Å². The molecular formula is C13H14F2O4. The molecule has 4 nitrogen and oxygen atoms in total. The second-order valence-corrected chi connectivity index (χ2v) is 4.30. The van der Waals surface area contributed by atoms with Crippen LogP contribution in [0.5, 0.6) is 11.5 Å². The summed E-state index contributed by atoms with van der Waals surface area (Å²) in [5, 5.41) is 8.88. The van der Waals surface area contributed by atoms with E-state index in [2.05, 4.69) is 4.74 Å². The number of rotatable bonds is 6. The summed E-state index contributed by atoms with van der Waals surface area (Å²) in [4.78, 5) is 10.8. The van der Waals surface area contributed by atoms with E-state index in [1.807, 2.05) is 0 Å². The summed E-state index contributed by atoms with van der Waals surface area (Å²) in [6, 6.07) is 4.58. The largest absolute Gasteiger partial charge is 0.490 e. The van der Waals surface area contributed by atoms with Gasteiger partial charge in [0.25, 0.3) is 0 Å². The van der Waals surface area contributed by atoms with Crippen molar-refractivity contribution in [1.82, 2.24) is 0 Å². The maximum atomic E-state index is 12.2. The molecule has 1 aliphatic carbocycles. The highest BCUT2D eigenvalue weighted by atomic mass is 19.3. The van der Waals surface area contributed by atoms with Crippen LogP contribution in [0.25, 0.3) is 0 Å². The Bertz CT molecular complexity index is 476. The SMILES string of the molecule is CCOc1cc(C2CC2C(=O)O)ccc1OC(F)F. The first kappa shape index (κ1) is 13.6. The molecule has 104 valence electrons. The van der Waals surface area contributed by atoms with Crippen LogP contribution in [0, 0.1) is 5.92 Å². The molecule has 0 amide bonds. The first-order valence-corrected chi connectivity index (χ1v) is 5.97. The third kappa shape index (κ3) is 3.13. The fourth-order valence-corrected chi connectivity index (χ4v) is 2.05. The third-order valence-electron chi connectivity index (χ3n) is 3.02. The van der Waals surface area contributed by atoms with Gasteiger partial charge in [0.1, 0.15) is 0 Å². The lowest BCUT2D eigenvalue weighted by atomic mass is 10.1. The molecule has 1 saturated carbocycles. The molecule has 2 unspecified atom stereocenters. The van der Waals surface area contributed by atoms with Crippen LogP contribution in [0.4, 0.5) is 8.78 Å². The number of ether oxygens (including phenoxy) is 2. The van der Waals surface area contributed by atoms with E-state index < -0.39 is 18.5 Å². The lowest BCUT2D eigenvalue weighted by Gasteiger charge is -2.12. The van der Waals surface area contributed by atoms with Crippen molar-refractivity contribution >= 4 is 5.97 Å². The molecule has 0 heterocycles. The number of hydrogen-bond donors (Lipinski definition) is 1. The Morgan fingerprint density at radius 3 is 2.74 bits per heavy atom. The molecule has 0 aliphatic heterocycles. The van der Waals surface area contributed by atoms with Crippen molar-refractivity contribution in [1.29, 1.82) is 0 Å². The first-order valence-electron chi connectivity index (χ1n) is 5.97. The minimum Gasteiger partial charge on any atom is -0.490 e. The normalized spacial score (nSPS) is 21.3. The number of carboxylic acid groups (broad SMARTS) is 1. The number of benzene rings is 1. The topological polar surface area (TPSA) is 55.8 Å². The Labute approximate surface area is 108 Å². The second-order valence-electron chi connectivity index (χ2n) is 4.30.